The van der Waals surface area contributed by atoms with E-state index in [0.29, 0.717) is 18.3 Å². The van der Waals surface area contributed by atoms with Crippen molar-refractivity contribution < 1.29 is 9.26 Å². The van der Waals surface area contributed by atoms with Gasteiger partial charge in [-0.3, -0.25) is 0 Å². The molecular weight excluding hydrogens is 232 g/mol. The van der Waals surface area contributed by atoms with Crippen molar-refractivity contribution in [1.29, 1.82) is 0 Å². The minimum Gasteiger partial charge on any atom is -0.481 e. The van der Waals surface area contributed by atoms with Crippen LogP contribution >= 0.6 is 0 Å². The highest BCUT2D eigenvalue weighted by atomic mass is 16.5. The standard InChI is InChI=1S/C12H16N4O2/c1-9-14-11(16-18-9)6-7-13-8-10-4-3-5-12(15-10)17-2/h3-5,13H,6-8H2,1-2H3. The van der Waals surface area contributed by atoms with Gasteiger partial charge in [0.25, 0.3) is 0 Å². The van der Waals surface area contributed by atoms with Crippen LogP contribution in [0.4, 0.5) is 0 Å². The Morgan fingerprint density at radius 1 is 1.33 bits per heavy atom. The zero-order chi connectivity index (χ0) is 12.8. The lowest BCUT2D eigenvalue weighted by molar-refractivity contribution is 0.386. The second-order valence-electron chi connectivity index (χ2n) is 3.83. The van der Waals surface area contributed by atoms with Crippen LogP contribution in [-0.2, 0) is 13.0 Å². The summed E-state index contributed by atoms with van der Waals surface area (Å²) >= 11 is 0. The van der Waals surface area contributed by atoms with Gasteiger partial charge in [0, 0.05) is 32.5 Å². The van der Waals surface area contributed by atoms with E-state index in [-0.39, 0.29) is 0 Å². The maximum atomic E-state index is 5.06. The highest BCUT2D eigenvalue weighted by Gasteiger charge is 2.02. The maximum absolute atomic E-state index is 5.06. The molecular formula is C12H16N4O2. The average molecular weight is 248 g/mol. The van der Waals surface area contributed by atoms with E-state index in [1.165, 1.54) is 0 Å². The molecule has 0 fully saturated rings. The molecule has 0 saturated heterocycles. The molecule has 0 aliphatic carbocycles. The van der Waals surface area contributed by atoms with Crippen LogP contribution in [0.2, 0.25) is 0 Å². The largest absolute Gasteiger partial charge is 0.481 e. The zero-order valence-corrected chi connectivity index (χ0v) is 10.5. The number of rotatable bonds is 6. The Balaban J connectivity index is 1.74. The van der Waals surface area contributed by atoms with Gasteiger partial charge in [-0.15, -0.1) is 0 Å². The summed E-state index contributed by atoms with van der Waals surface area (Å²) in [6.45, 7) is 3.25. The first kappa shape index (κ1) is 12.5. The molecule has 18 heavy (non-hydrogen) atoms. The van der Waals surface area contributed by atoms with Gasteiger partial charge in [0.1, 0.15) is 0 Å². The Bertz CT molecular complexity index is 498. The Morgan fingerprint density at radius 2 is 2.22 bits per heavy atom. The summed E-state index contributed by atoms with van der Waals surface area (Å²) in [6, 6.07) is 5.70. The average Bonchev–Trinajstić information content (AvgIpc) is 2.81. The Morgan fingerprint density at radius 3 is 2.94 bits per heavy atom. The van der Waals surface area contributed by atoms with Crippen molar-refractivity contribution >= 4 is 0 Å². The Hall–Kier alpha value is -1.95. The van der Waals surface area contributed by atoms with Crippen molar-refractivity contribution in [3.63, 3.8) is 0 Å². The molecule has 0 atom stereocenters. The molecule has 0 aliphatic rings. The third-order valence-corrected chi connectivity index (χ3v) is 2.39. The fraction of sp³-hybridized carbons (Fsp3) is 0.417. The molecule has 0 amide bonds. The van der Waals surface area contributed by atoms with Gasteiger partial charge in [0.2, 0.25) is 11.8 Å². The van der Waals surface area contributed by atoms with Gasteiger partial charge >= 0.3 is 0 Å². The molecule has 0 saturated carbocycles. The van der Waals surface area contributed by atoms with Crippen molar-refractivity contribution in [3.8, 4) is 5.88 Å². The molecule has 0 aromatic carbocycles. The Kier molecular flexibility index (Phi) is 4.25. The van der Waals surface area contributed by atoms with Gasteiger partial charge in [0.05, 0.1) is 12.8 Å². The first-order valence-corrected chi connectivity index (χ1v) is 5.78. The maximum Gasteiger partial charge on any atom is 0.223 e. The molecule has 0 radical (unpaired) electrons. The lowest BCUT2D eigenvalue weighted by Gasteiger charge is -2.04. The second kappa shape index (κ2) is 6.11. The number of hydrogen-bond acceptors (Lipinski definition) is 6. The van der Waals surface area contributed by atoms with Crippen molar-refractivity contribution in [2.24, 2.45) is 0 Å². The third kappa shape index (κ3) is 3.53. The highest BCUT2D eigenvalue weighted by Crippen LogP contribution is 2.06. The normalized spacial score (nSPS) is 10.6. The molecule has 0 aliphatic heterocycles. The van der Waals surface area contributed by atoms with Crippen molar-refractivity contribution in [3.05, 3.63) is 35.6 Å². The van der Waals surface area contributed by atoms with E-state index in [0.717, 1.165) is 24.5 Å². The summed E-state index contributed by atoms with van der Waals surface area (Å²) in [7, 11) is 1.61. The van der Waals surface area contributed by atoms with Gasteiger partial charge in [-0.2, -0.15) is 4.98 Å². The molecule has 1 N–H and O–H groups in total. The van der Waals surface area contributed by atoms with E-state index in [2.05, 4.69) is 20.4 Å². The first-order chi connectivity index (χ1) is 8.78. The number of methoxy groups -OCH3 is 1. The van der Waals surface area contributed by atoms with Gasteiger partial charge in [-0.05, 0) is 6.07 Å². The van der Waals surface area contributed by atoms with E-state index in [4.69, 9.17) is 9.26 Å². The molecule has 2 aromatic rings. The monoisotopic (exact) mass is 248 g/mol. The predicted octanol–water partition coefficient (Wildman–Crippen LogP) is 1.11. The number of nitrogens with zero attached hydrogens (tertiary/aromatic N) is 3. The second-order valence-corrected chi connectivity index (χ2v) is 3.83. The molecule has 6 heteroatoms. The summed E-state index contributed by atoms with van der Waals surface area (Å²) in [6.07, 6.45) is 0.737. The molecule has 2 aromatic heterocycles. The van der Waals surface area contributed by atoms with Gasteiger partial charge in [-0.1, -0.05) is 11.2 Å². The number of pyridine rings is 1. The molecule has 96 valence electrons. The van der Waals surface area contributed by atoms with E-state index >= 15 is 0 Å². The van der Waals surface area contributed by atoms with Crippen LogP contribution in [0.1, 0.15) is 17.4 Å². The number of ether oxygens (including phenoxy) is 1. The number of aromatic nitrogens is 3. The third-order valence-electron chi connectivity index (χ3n) is 2.39. The summed E-state index contributed by atoms with van der Waals surface area (Å²) in [4.78, 5) is 8.43. The minimum atomic E-state index is 0.597. The molecule has 6 nitrogen and oxygen atoms in total. The number of aryl methyl sites for hydroxylation is 1. The van der Waals surface area contributed by atoms with Crippen LogP contribution in [0.5, 0.6) is 5.88 Å². The number of nitrogens with one attached hydrogen (secondary N) is 1. The fourth-order valence-corrected chi connectivity index (χ4v) is 1.53. The van der Waals surface area contributed by atoms with E-state index in [1.807, 2.05) is 18.2 Å². The SMILES string of the molecule is COc1cccc(CNCCc2noc(C)n2)n1. The van der Waals surface area contributed by atoms with Crippen LogP contribution in [0, 0.1) is 6.92 Å². The van der Waals surface area contributed by atoms with E-state index in [1.54, 1.807) is 14.0 Å². The summed E-state index contributed by atoms with van der Waals surface area (Å²) in [5.41, 5.74) is 0.943. The van der Waals surface area contributed by atoms with Crippen LogP contribution in [0.15, 0.2) is 22.7 Å². The first-order valence-electron chi connectivity index (χ1n) is 5.78. The summed E-state index contributed by atoms with van der Waals surface area (Å²) in [5.74, 6) is 1.95. The summed E-state index contributed by atoms with van der Waals surface area (Å²) in [5, 5.41) is 7.10. The minimum absolute atomic E-state index is 0.597. The lowest BCUT2D eigenvalue weighted by atomic mass is 10.3. The highest BCUT2D eigenvalue weighted by molar-refractivity contribution is 5.15. The topological polar surface area (TPSA) is 73.1 Å². The summed E-state index contributed by atoms with van der Waals surface area (Å²) < 4.78 is 9.95. The number of hydrogen-bond donors (Lipinski definition) is 1. The fourth-order valence-electron chi connectivity index (χ4n) is 1.53. The van der Waals surface area contributed by atoms with Crippen molar-refractivity contribution in [2.45, 2.75) is 19.9 Å². The van der Waals surface area contributed by atoms with Crippen molar-refractivity contribution in [2.75, 3.05) is 13.7 Å². The smallest absolute Gasteiger partial charge is 0.223 e. The predicted molar refractivity (Wildman–Crippen MR) is 65.2 cm³/mol. The van der Waals surface area contributed by atoms with Gasteiger partial charge < -0.3 is 14.6 Å². The lowest BCUT2D eigenvalue weighted by Crippen LogP contribution is -2.18. The quantitative estimate of drug-likeness (QED) is 0.772. The van der Waals surface area contributed by atoms with Crippen LogP contribution in [0.3, 0.4) is 0 Å². The zero-order valence-electron chi connectivity index (χ0n) is 10.5. The molecule has 2 rings (SSSR count). The van der Waals surface area contributed by atoms with Crippen LogP contribution in [0.25, 0.3) is 0 Å². The van der Waals surface area contributed by atoms with Gasteiger partial charge in [-0.25, -0.2) is 4.98 Å². The Labute approximate surface area is 105 Å². The van der Waals surface area contributed by atoms with Crippen LogP contribution in [-0.4, -0.2) is 28.8 Å². The van der Waals surface area contributed by atoms with E-state index < -0.39 is 0 Å². The van der Waals surface area contributed by atoms with E-state index in [9.17, 15) is 0 Å². The molecule has 0 unspecified atom stereocenters. The van der Waals surface area contributed by atoms with Crippen molar-refractivity contribution in [1.82, 2.24) is 20.4 Å². The molecule has 2 heterocycles. The van der Waals surface area contributed by atoms with Gasteiger partial charge in [0.15, 0.2) is 5.82 Å². The van der Waals surface area contributed by atoms with Crippen LogP contribution < -0.4 is 10.1 Å². The molecule has 0 bridgehead atoms. The molecule has 0 spiro atoms.